The third-order valence-corrected chi connectivity index (χ3v) is 3.58. The van der Waals surface area contributed by atoms with E-state index in [1.165, 1.54) is 29.2 Å². The van der Waals surface area contributed by atoms with Crippen molar-refractivity contribution in [3.05, 3.63) is 39.0 Å². The number of hydrogen-bond acceptors (Lipinski definition) is 6. The van der Waals surface area contributed by atoms with E-state index in [2.05, 4.69) is 20.3 Å². The summed E-state index contributed by atoms with van der Waals surface area (Å²) >= 11 is 2.85. The molecule has 0 aliphatic carbocycles. The van der Waals surface area contributed by atoms with E-state index in [-0.39, 0.29) is 11.3 Å². The summed E-state index contributed by atoms with van der Waals surface area (Å²) in [7, 11) is 0. The van der Waals surface area contributed by atoms with Crippen LogP contribution < -0.4 is 10.9 Å². The molecule has 100 valence electrons. The molecule has 0 bridgehead atoms. The molecule has 2 aromatic heterocycles. The molecule has 0 saturated heterocycles. The number of carbonyl (C=O) groups excluding carboxylic acids is 1. The van der Waals surface area contributed by atoms with E-state index in [0.717, 1.165) is 5.69 Å². The predicted molar refractivity (Wildman–Crippen MR) is 76.9 cm³/mol. The molecule has 2 rings (SSSR count). The van der Waals surface area contributed by atoms with Gasteiger partial charge in [-0.3, -0.25) is 14.9 Å². The first kappa shape index (κ1) is 13.8. The fourth-order valence-corrected chi connectivity index (χ4v) is 2.50. The van der Waals surface area contributed by atoms with Crippen molar-refractivity contribution in [2.45, 2.75) is 12.7 Å². The zero-order valence-corrected chi connectivity index (χ0v) is 12.0. The number of nitrogens with zero attached hydrogens (tertiary/aromatic N) is 2. The lowest BCUT2D eigenvalue weighted by atomic mass is 10.4. The highest BCUT2D eigenvalue weighted by atomic mass is 32.2. The van der Waals surface area contributed by atoms with Crippen LogP contribution in [-0.2, 0) is 5.75 Å². The molecule has 0 radical (unpaired) electrons. The van der Waals surface area contributed by atoms with Gasteiger partial charge in [-0.15, -0.1) is 11.3 Å². The number of rotatable bonds is 4. The van der Waals surface area contributed by atoms with Gasteiger partial charge in [-0.25, -0.2) is 9.97 Å². The number of amides is 1. The largest absolute Gasteiger partial charge is 0.310 e. The van der Waals surface area contributed by atoms with Gasteiger partial charge in [0.05, 0.1) is 11.4 Å². The van der Waals surface area contributed by atoms with Gasteiger partial charge in [0.25, 0.3) is 11.5 Å². The monoisotopic (exact) mass is 296 g/mol. The highest BCUT2D eigenvalue weighted by Crippen LogP contribution is 2.15. The van der Waals surface area contributed by atoms with Gasteiger partial charge in [0.2, 0.25) is 0 Å². The van der Waals surface area contributed by atoms with Crippen molar-refractivity contribution < 1.29 is 4.79 Å². The molecule has 8 heteroatoms. The minimum atomic E-state index is -0.428. The summed E-state index contributed by atoms with van der Waals surface area (Å²) in [5, 5.41) is 4.95. The number of H-pyrrole nitrogens is 1. The number of nitrogens with one attached hydrogen (secondary N) is 2. The number of carbonyl (C=O) groups is 1. The van der Waals surface area contributed by atoms with E-state index in [1.807, 2.05) is 18.6 Å². The van der Waals surface area contributed by atoms with Crippen LogP contribution in [-0.4, -0.2) is 27.1 Å². The SMILES string of the molecule is CSCc1nc(C(=O)Nc2nc(C)cs2)cc(=O)[nH]1. The van der Waals surface area contributed by atoms with Gasteiger partial charge in [-0.05, 0) is 13.2 Å². The lowest BCUT2D eigenvalue weighted by Crippen LogP contribution is -2.20. The minimum absolute atomic E-state index is 0.0978. The summed E-state index contributed by atoms with van der Waals surface area (Å²) in [6.45, 7) is 1.84. The van der Waals surface area contributed by atoms with Crippen LogP contribution >= 0.6 is 23.1 Å². The molecule has 0 spiro atoms. The van der Waals surface area contributed by atoms with Crippen LogP contribution in [0.5, 0.6) is 0 Å². The Morgan fingerprint density at radius 3 is 2.95 bits per heavy atom. The Morgan fingerprint density at radius 2 is 2.32 bits per heavy atom. The number of aromatic amines is 1. The van der Waals surface area contributed by atoms with Crippen molar-refractivity contribution in [3.8, 4) is 0 Å². The maximum atomic E-state index is 12.0. The molecule has 0 unspecified atom stereocenters. The van der Waals surface area contributed by atoms with Crippen LogP contribution in [0, 0.1) is 6.92 Å². The van der Waals surface area contributed by atoms with Crippen LogP contribution in [0.15, 0.2) is 16.2 Å². The van der Waals surface area contributed by atoms with Crippen molar-refractivity contribution in [2.24, 2.45) is 0 Å². The number of aryl methyl sites for hydroxylation is 1. The third kappa shape index (κ3) is 3.65. The van der Waals surface area contributed by atoms with Crippen molar-refractivity contribution in [1.82, 2.24) is 15.0 Å². The number of thioether (sulfide) groups is 1. The molecule has 0 fully saturated rings. The number of aromatic nitrogens is 3. The zero-order valence-electron chi connectivity index (χ0n) is 10.4. The Hall–Kier alpha value is -1.67. The fourth-order valence-electron chi connectivity index (χ4n) is 1.40. The van der Waals surface area contributed by atoms with E-state index in [1.54, 1.807) is 0 Å². The van der Waals surface area contributed by atoms with Gasteiger partial charge in [0, 0.05) is 11.4 Å². The van der Waals surface area contributed by atoms with Gasteiger partial charge >= 0.3 is 0 Å². The van der Waals surface area contributed by atoms with Crippen LogP contribution in [0.3, 0.4) is 0 Å². The van der Waals surface area contributed by atoms with Crippen molar-refractivity contribution in [3.63, 3.8) is 0 Å². The summed E-state index contributed by atoms with van der Waals surface area (Å²) in [5.74, 6) is 0.607. The molecule has 0 atom stereocenters. The third-order valence-electron chi connectivity index (χ3n) is 2.14. The van der Waals surface area contributed by atoms with Gasteiger partial charge in [0.15, 0.2) is 5.13 Å². The maximum absolute atomic E-state index is 12.0. The van der Waals surface area contributed by atoms with E-state index in [0.29, 0.717) is 16.7 Å². The van der Waals surface area contributed by atoms with Crippen LogP contribution in [0.2, 0.25) is 0 Å². The maximum Gasteiger partial charge on any atom is 0.276 e. The fraction of sp³-hybridized carbons (Fsp3) is 0.273. The summed E-state index contributed by atoms with van der Waals surface area (Å²) in [4.78, 5) is 34.2. The number of hydrogen-bond donors (Lipinski definition) is 2. The van der Waals surface area contributed by atoms with Crippen molar-refractivity contribution in [1.29, 1.82) is 0 Å². The molecule has 2 heterocycles. The molecule has 2 aromatic rings. The second kappa shape index (κ2) is 5.98. The second-order valence-corrected chi connectivity index (χ2v) is 5.48. The average Bonchev–Trinajstić information content (AvgIpc) is 2.74. The van der Waals surface area contributed by atoms with E-state index >= 15 is 0 Å². The summed E-state index contributed by atoms with van der Waals surface area (Å²) in [5.41, 5.74) is 0.599. The Bertz CT molecular complexity index is 650. The predicted octanol–water partition coefficient (Wildman–Crippen LogP) is 1.65. The summed E-state index contributed by atoms with van der Waals surface area (Å²) < 4.78 is 0. The van der Waals surface area contributed by atoms with Crippen LogP contribution in [0.4, 0.5) is 5.13 Å². The summed E-state index contributed by atoms with van der Waals surface area (Å²) in [6.07, 6.45) is 1.89. The van der Waals surface area contributed by atoms with Crippen molar-refractivity contribution >= 4 is 34.1 Å². The second-order valence-electron chi connectivity index (χ2n) is 3.76. The Kier molecular flexibility index (Phi) is 4.33. The van der Waals surface area contributed by atoms with Crippen LogP contribution in [0.25, 0.3) is 0 Å². The molecule has 19 heavy (non-hydrogen) atoms. The van der Waals surface area contributed by atoms with Crippen molar-refractivity contribution in [2.75, 3.05) is 11.6 Å². The van der Waals surface area contributed by atoms with Gasteiger partial charge < -0.3 is 4.98 Å². The Labute approximate surface area is 117 Å². The molecular formula is C11H12N4O2S2. The molecule has 0 aromatic carbocycles. The molecule has 0 aliphatic rings. The quantitative estimate of drug-likeness (QED) is 0.895. The zero-order chi connectivity index (χ0) is 13.8. The molecular weight excluding hydrogens is 284 g/mol. The minimum Gasteiger partial charge on any atom is -0.310 e. The van der Waals surface area contributed by atoms with Crippen LogP contribution in [0.1, 0.15) is 22.0 Å². The first-order valence-electron chi connectivity index (χ1n) is 5.41. The lowest BCUT2D eigenvalue weighted by molar-refractivity contribution is 0.102. The Morgan fingerprint density at radius 1 is 1.53 bits per heavy atom. The first-order valence-corrected chi connectivity index (χ1v) is 7.68. The molecule has 6 nitrogen and oxygen atoms in total. The number of thiazole rings is 1. The first-order chi connectivity index (χ1) is 9.08. The molecule has 2 N–H and O–H groups in total. The highest BCUT2D eigenvalue weighted by Gasteiger charge is 2.12. The molecule has 0 aliphatic heterocycles. The van der Waals surface area contributed by atoms with Gasteiger partial charge in [0.1, 0.15) is 11.5 Å². The van der Waals surface area contributed by atoms with E-state index < -0.39 is 5.91 Å². The standard InChI is InChI=1S/C11H12N4O2S2/c1-6-4-19-11(12-6)15-10(17)7-3-9(16)14-8(13-7)5-18-2/h3-4H,5H2,1-2H3,(H,12,15,17)(H,13,14,16). The topological polar surface area (TPSA) is 87.7 Å². The van der Waals surface area contributed by atoms with E-state index in [9.17, 15) is 9.59 Å². The molecule has 1 amide bonds. The average molecular weight is 296 g/mol. The Balaban J connectivity index is 2.21. The summed E-state index contributed by atoms with van der Waals surface area (Å²) in [6, 6.07) is 1.18. The smallest absolute Gasteiger partial charge is 0.276 e. The normalized spacial score (nSPS) is 10.4. The molecule has 0 saturated carbocycles. The number of anilines is 1. The van der Waals surface area contributed by atoms with Gasteiger partial charge in [-0.2, -0.15) is 11.8 Å². The van der Waals surface area contributed by atoms with E-state index in [4.69, 9.17) is 0 Å². The lowest BCUT2D eigenvalue weighted by Gasteiger charge is -2.03. The highest BCUT2D eigenvalue weighted by molar-refractivity contribution is 7.97. The van der Waals surface area contributed by atoms with Gasteiger partial charge in [-0.1, -0.05) is 0 Å².